The third-order valence-electron chi connectivity index (χ3n) is 2.97. The van der Waals surface area contributed by atoms with Gasteiger partial charge in [-0.05, 0) is 42.3 Å². The summed E-state index contributed by atoms with van der Waals surface area (Å²) in [6, 6.07) is 13.1. The molecule has 0 saturated heterocycles. The molecule has 0 saturated carbocycles. The van der Waals surface area contributed by atoms with Crippen molar-refractivity contribution in [3.05, 3.63) is 69.2 Å². The van der Waals surface area contributed by atoms with Crippen molar-refractivity contribution in [1.29, 1.82) is 0 Å². The molecule has 2 aromatic carbocycles. The van der Waals surface area contributed by atoms with E-state index in [0.29, 0.717) is 17.1 Å². The number of amides is 1. The van der Waals surface area contributed by atoms with E-state index in [0.717, 1.165) is 21.2 Å². The lowest BCUT2D eigenvalue weighted by Gasteiger charge is -2.08. The molecular weight excluding hydrogens is 348 g/mol. The molecule has 2 aromatic rings. The first-order valence-corrected chi connectivity index (χ1v) is 7.60. The number of carbonyl (C=O) groups is 1. The summed E-state index contributed by atoms with van der Waals surface area (Å²) in [7, 11) is 0. The first-order chi connectivity index (χ1) is 9.95. The van der Waals surface area contributed by atoms with Crippen LogP contribution >= 0.6 is 28.1 Å². The minimum Gasteiger partial charge on any atom is -0.389 e. The highest BCUT2D eigenvalue weighted by atomic mass is 79.9. The molecule has 0 atom stereocenters. The van der Waals surface area contributed by atoms with E-state index in [1.807, 2.05) is 43.3 Å². The summed E-state index contributed by atoms with van der Waals surface area (Å²) in [5.74, 6) is -0.111. The zero-order valence-electron chi connectivity index (χ0n) is 11.5. The number of carbonyl (C=O) groups excluding carboxylic acids is 1. The second kappa shape index (κ2) is 6.83. The predicted octanol–water partition coefficient (Wildman–Crippen LogP) is 3.32. The lowest BCUT2D eigenvalue weighted by atomic mass is 10.1. The van der Waals surface area contributed by atoms with Gasteiger partial charge in [-0.2, -0.15) is 0 Å². The zero-order chi connectivity index (χ0) is 15.4. The molecule has 5 heteroatoms. The summed E-state index contributed by atoms with van der Waals surface area (Å²) < 4.78 is 0.892. The number of rotatable bonds is 4. The Kier molecular flexibility index (Phi) is 5.09. The zero-order valence-corrected chi connectivity index (χ0v) is 13.9. The van der Waals surface area contributed by atoms with Crippen LogP contribution < -0.4 is 11.1 Å². The molecule has 0 spiro atoms. The quantitative estimate of drug-likeness (QED) is 0.820. The van der Waals surface area contributed by atoms with Gasteiger partial charge < -0.3 is 11.1 Å². The Bertz CT molecular complexity index is 680. The maximum atomic E-state index is 12.2. The predicted molar refractivity (Wildman–Crippen MR) is 92.4 cm³/mol. The highest BCUT2D eigenvalue weighted by molar-refractivity contribution is 9.10. The number of aryl methyl sites for hydroxylation is 1. The van der Waals surface area contributed by atoms with Crippen LogP contribution in [0.3, 0.4) is 0 Å². The van der Waals surface area contributed by atoms with E-state index in [1.54, 1.807) is 6.07 Å². The summed E-state index contributed by atoms with van der Waals surface area (Å²) in [6.07, 6.45) is 0. The Balaban J connectivity index is 2.07. The number of thiocarbonyl (C=S) groups is 1. The van der Waals surface area contributed by atoms with Crippen LogP contribution in [0.4, 0.5) is 0 Å². The third-order valence-corrected chi connectivity index (χ3v) is 3.66. The van der Waals surface area contributed by atoms with Crippen molar-refractivity contribution >= 4 is 39.0 Å². The van der Waals surface area contributed by atoms with Crippen molar-refractivity contribution < 1.29 is 4.79 Å². The van der Waals surface area contributed by atoms with Crippen LogP contribution in [0, 0.1) is 6.92 Å². The standard InChI is InChI=1S/C16H15BrN2OS/c1-10-5-13(8-14(17)6-10)16(20)19-9-11-3-2-4-12(7-11)15(18)21/h2-8H,9H2,1H3,(H2,18,21)(H,19,20). The van der Waals surface area contributed by atoms with Crippen LogP contribution in [0.5, 0.6) is 0 Å². The number of benzene rings is 2. The Morgan fingerprint density at radius 1 is 1.24 bits per heavy atom. The van der Waals surface area contributed by atoms with Crippen molar-refractivity contribution in [2.24, 2.45) is 5.73 Å². The van der Waals surface area contributed by atoms with Gasteiger partial charge in [0.05, 0.1) is 0 Å². The second-order valence-corrected chi connectivity index (χ2v) is 6.12. The van der Waals surface area contributed by atoms with Gasteiger partial charge in [-0.25, -0.2) is 0 Å². The average Bonchev–Trinajstić information content (AvgIpc) is 2.44. The number of halogens is 1. The Labute approximate surface area is 137 Å². The molecule has 21 heavy (non-hydrogen) atoms. The molecule has 0 heterocycles. The van der Waals surface area contributed by atoms with Crippen LogP contribution in [0.25, 0.3) is 0 Å². The van der Waals surface area contributed by atoms with Gasteiger partial charge in [0.2, 0.25) is 0 Å². The molecule has 0 bridgehead atoms. The average molecular weight is 363 g/mol. The molecule has 2 rings (SSSR count). The van der Waals surface area contributed by atoms with E-state index >= 15 is 0 Å². The van der Waals surface area contributed by atoms with Crippen molar-refractivity contribution in [1.82, 2.24) is 5.32 Å². The van der Waals surface area contributed by atoms with Crippen LogP contribution in [0.2, 0.25) is 0 Å². The van der Waals surface area contributed by atoms with Gasteiger partial charge in [0.1, 0.15) is 4.99 Å². The normalized spacial score (nSPS) is 10.2. The second-order valence-electron chi connectivity index (χ2n) is 4.76. The summed E-state index contributed by atoms with van der Waals surface area (Å²) in [4.78, 5) is 12.5. The van der Waals surface area contributed by atoms with E-state index < -0.39 is 0 Å². The minimum absolute atomic E-state index is 0.111. The van der Waals surface area contributed by atoms with Crippen molar-refractivity contribution in [2.45, 2.75) is 13.5 Å². The molecular formula is C16H15BrN2OS. The maximum absolute atomic E-state index is 12.2. The molecule has 0 aliphatic rings. The summed E-state index contributed by atoms with van der Waals surface area (Å²) in [5.41, 5.74) is 9.03. The lowest BCUT2D eigenvalue weighted by Crippen LogP contribution is -2.23. The Morgan fingerprint density at radius 2 is 2.00 bits per heavy atom. The highest BCUT2D eigenvalue weighted by Crippen LogP contribution is 2.15. The van der Waals surface area contributed by atoms with Gasteiger partial charge >= 0.3 is 0 Å². The summed E-state index contributed by atoms with van der Waals surface area (Å²) in [5, 5.41) is 2.89. The highest BCUT2D eigenvalue weighted by Gasteiger charge is 2.07. The molecule has 0 aliphatic carbocycles. The fourth-order valence-electron chi connectivity index (χ4n) is 1.99. The number of nitrogens with two attached hydrogens (primary N) is 1. The third kappa shape index (κ3) is 4.37. The van der Waals surface area contributed by atoms with Crippen molar-refractivity contribution in [2.75, 3.05) is 0 Å². The van der Waals surface area contributed by atoms with E-state index in [-0.39, 0.29) is 5.91 Å². The minimum atomic E-state index is -0.111. The van der Waals surface area contributed by atoms with Crippen LogP contribution in [-0.4, -0.2) is 10.9 Å². The molecule has 3 N–H and O–H groups in total. The first kappa shape index (κ1) is 15.7. The van der Waals surface area contributed by atoms with Crippen molar-refractivity contribution in [3.8, 4) is 0 Å². The largest absolute Gasteiger partial charge is 0.389 e. The van der Waals surface area contributed by atoms with Gasteiger partial charge in [0.15, 0.2) is 0 Å². The van der Waals surface area contributed by atoms with Gasteiger partial charge in [-0.3, -0.25) is 4.79 Å². The van der Waals surface area contributed by atoms with Crippen LogP contribution in [-0.2, 0) is 6.54 Å². The molecule has 0 unspecified atom stereocenters. The molecule has 0 radical (unpaired) electrons. The SMILES string of the molecule is Cc1cc(Br)cc(C(=O)NCc2cccc(C(N)=S)c2)c1. The van der Waals surface area contributed by atoms with Gasteiger partial charge in [0, 0.05) is 22.1 Å². The van der Waals surface area contributed by atoms with Gasteiger partial charge in [-0.15, -0.1) is 0 Å². The molecule has 0 fully saturated rings. The Hall–Kier alpha value is -1.72. The fourth-order valence-corrected chi connectivity index (χ4v) is 2.72. The maximum Gasteiger partial charge on any atom is 0.251 e. The van der Waals surface area contributed by atoms with Crippen molar-refractivity contribution in [3.63, 3.8) is 0 Å². The first-order valence-electron chi connectivity index (χ1n) is 6.40. The summed E-state index contributed by atoms with van der Waals surface area (Å²) in [6.45, 7) is 2.38. The van der Waals surface area contributed by atoms with Crippen LogP contribution in [0.1, 0.15) is 27.0 Å². The fraction of sp³-hybridized carbons (Fsp3) is 0.125. The summed E-state index contributed by atoms with van der Waals surface area (Å²) >= 11 is 8.34. The van der Waals surface area contributed by atoms with E-state index in [4.69, 9.17) is 18.0 Å². The monoisotopic (exact) mass is 362 g/mol. The van der Waals surface area contributed by atoms with Gasteiger partial charge in [-0.1, -0.05) is 46.3 Å². The van der Waals surface area contributed by atoms with Gasteiger partial charge in [0.25, 0.3) is 5.91 Å². The molecule has 108 valence electrons. The van der Waals surface area contributed by atoms with E-state index in [2.05, 4.69) is 21.2 Å². The molecule has 0 aliphatic heterocycles. The van der Waals surface area contributed by atoms with E-state index in [1.165, 1.54) is 0 Å². The number of hydrogen-bond acceptors (Lipinski definition) is 2. The number of nitrogens with one attached hydrogen (secondary N) is 1. The molecule has 0 aromatic heterocycles. The molecule has 1 amide bonds. The Morgan fingerprint density at radius 3 is 2.67 bits per heavy atom. The topological polar surface area (TPSA) is 55.1 Å². The molecule has 3 nitrogen and oxygen atoms in total. The number of hydrogen-bond donors (Lipinski definition) is 2. The lowest BCUT2D eigenvalue weighted by molar-refractivity contribution is 0.0950. The van der Waals surface area contributed by atoms with E-state index in [9.17, 15) is 4.79 Å². The smallest absolute Gasteiger partial charge is 0.251 e. The van der Waals surface area contributed by atoms with Crippen LogP contribution in [0.15, 0.2) is 46.9 Å².